The Balaban J connectivity index is 1.71. The van der Waals surface area contributed by atoms with E-state index in [0.29, 0.717) is 18.3 Å². The first-order chi connectivity index (χ1) is 7.25. The standard InChI is InChI=1S/C10H16O4S/c11-9(12)4-3-7-6-13-10(14-7)8-2-1-5-15-8/h7-8,10H,1-6H2,(H,11,12). The first-order valence-electron chi connectivity index (χ1n) is 5.36. The van der Waals surface area contributed by atoms with Crippen LogP contribution in [0.25, 0.3) is 0 Å². The van der Waals surface area contributed by atoms with Crippen LogP contribution in [0.5, 0.6) is 0 Å². The molecule has 3 unspecified atom stereocenters. The molecular weight excluding hydrogens is 216 g/mol. The molecule has 0 aromatic heterocycles. The molecular formula is C10H16O4S. The summed E-state index contributed by atoms with van der Waals surface area (Å²) in [6.45, 7) is 0.551. The van der Waals surface area contributed by atoms with Gasteiger partial charge in [-0.3, -0.25) is 4.79 Å². The molecule has 86 valence electrons. The number of hydrogen-bond acceptors (Lipinski definition) is 4. The Kier molecular flexibility index (Phi) is 3.88. The van der Waals surface area contributed by atoms with Gasteiger partial charge in [0.25, 0.3) is 0 Å². The molecule has 2 heterocycles. The van der Waals surface area contributed by atoms with Crippen LogP contribution in [0.1, 0.15) is 25.7 Å². The Hall–Kier alpha value is -0.260. The summed E-state index contributed by atoms with van der Waals surface area (Å²) in [5.41, 5.74) is 0. The van der Waals surface area contributed by atoms with Gasteiger partial charge in [-0.15, -0.1) is 0 Å². The highest BCUT2D eigenvalue weighted by Crippen LogP contribution is 2.33. The van der Waals surface area contributed by atoms with Gasteiger partial charge >= 0.3 is 5.97 Å². The first-order valence-corrected chi connectivity index (χ1v) is 6.41. The average Bonchev–Trinajstić information content (AvgIpc) is 2.85. The maximum atomic E-state index is 10.4. The van der Waals surface area contributed by atoms with Gasteiger partial charge in [0.15, 0.2) is 6.29 Å². The van der Waals surface area contributed by atoms with Crippen molar-refractivity contribution in [1.29, 1.82) is 0 Å². The fourth-order valence-electron chi connectivity index (χ4n) is 1.92. The van der Waals surface area contributed by atoms with Crippen molar-refractivity contribution in [2.75, 3.05) is 12.4 Å². The van der Waals surface area contributed by atoms with Crippen molar-refractivity contribution in [3.8, 4) is 0 Å². The van der Waals surface area contributed by atoms with E-state index in [-0.39, 0.29) is 18.8 Å². The molecule has 2 aliphatic rings. The van der Waals surface area contributed by atoms with Crippen LogP contribution in [0.4, 0.5) is 0 Å². The highest BCUT2D eigenvalue weighted by Gasteiger charge is 2.34. The lowest BCUT2D eigenvalue weighted by atomic mass is 10.2. The molecule has 0 radical (unpaired) electrons. The number of aliphatic carboxylic acids is 1. The smallest absolute Gasteiger partial charge is 0.303 e. The van der Waals surface area contributed by atoms with Gasteiger partial charge in [0.05, 0.1) is 18.0 Å². The first kappa shape index (κ1) is 11.2. The predicted molar refractivity (Wildman–Crippen MR) is 57.0 cm³/mol. The molecule has 5 heteroatoms. The topological polar surface area (TPSA) is 55.8 Å². The summed E-state index contributed by atoms with van der Waals surface area (Å²) in [7, 11) is 0. The van der Waals surface area contributed by atoms with Gasteiger partial charge in [-0.05, 0) is 25.0 Å². The van der Waals surface area contributed by atoms with Crippen molar-refractivity contribution in [3.05, 3.63) is 0 Å². The van der Waals surface area contributed by atoms with E-state index in [9.17, 15) is 4.79 Å². The van der Waals surface area contributed by atoms with Crippen LogP contribution < -0.4 is 0 Å². The van der Waals surface area contributed by atoms with E-state index in [1.807, 2.05) is 11.8 Å². The molecule has 1 N–H and O–H groups in total. The fourth-order valence-corrected chi connectivity index (χ4v) is 3.19. The van der Waals surface area contributed by atoms with Crippen molar-refractivity contribution in [2.24, 2.45) is 0 Å². The van der Waals surface area contributed by atoms with Gasteiger partial charge in [0.2, 0.25) is 0 Å². The number of carboxylic acids is 1. The van der Waals surface area contributed by atoms with Crippen LogP contribution in [-0.2, 0) is 14.3 Å². The Morgan fingerprint density at radius 1 is 1.53 bits per heavy atom. The van der Waals surface area contributed by atoms with Crippen LogP contribution >= 0.6 is 11.8 Å². The third-order valence-corrected chi connectivity index (χ3v) is 4.13. The van der Waals surface area contributed by atoms with E-state index in [1.165, 1.54) is 12.2 Å². The van der Waals surface area contributed by atoms with Crippen LogP contribution in [0.3, 0.4) is 0 Å². The van der Waals surface area contributed by atoms with Gasteiger partial charge in [-0.2, -0.15) is 11.8 Å². The fraction of sp³-hybridized carbons (Fsp3) is 0.900. The molecule has 0 spiro atoms. The van der Waals surface area contributed by atoms with Crippen molar-refractivity contribution in [3.63, 3.8) is 0 Å². The number of rotatable bonds is 4. The van der Waals surface area contributed by atoms with Crippen LogP contribution in [0.15, 0.2) is 0 Å². The Morgan fingerprint density at radius 3 is 3.07 bits per heavy atom. The molecule has 0 aromatic carbocycles. The number of thioether (sulfide) groups is 1. The number of hydrogen-bond donors (Lipinski definition) is 1. The van der Waals surface area contributed by atoms with Gasteiger partial charge in [0.1, 0.15) is 0 Å². The summed E-state index contributed by atoms with van der Waals surface area (Å²) >= 11 is 1.90. The SMILES string of the molecule is O=C(O)CCC1COC(C2CCCS2)O1. The molecule has 0 amide bonds. The minimum atomic E-state index is -0.766. The lowest BCUT2D eigenvalue weighted by Crippen LogP contribution is -2.22. The minimum absolute atomic E-state index is 0.0210. The van der Waals surface area contributed by atoms with Crippen LogP contribution in [0.2, 0.25) is 0 Å². The van der Waals surface area contributed by atoms with E-state index in [1.54, 1.807) is 0 Å². The molecule has 15 heavy (non-hydrogen) atoms. The molecule has 4 nitrogen and oxygen atoms in total. The Bertz CT molecular complexity index is 227. The third kappa shape index (κ3) is 3.09. The number of carboxylic acid groups (broad SMARTS) is 1. The number of ether oxygens (including phenoxy) is 2. The zero-order valence-electron chi connectivity index (χ0n) is 8.55. The van der Waals surface area contributed by atoms with Gasteiger partial charge in [-0.25, -0.2) is 0 Å². The maximum Gasteiger partial charge on any atom is 0.303 e. The third-order valence-electron chi connectivity index (χ3n) is 2.72. The van der Waals surface area contributed by atoms with Crippen molar-refractivity contribution < 1.29 is 19.4 Å². The van der Waals surface area contributed by atoms with Gasteiger partial charge in [-0.1, -0.05) is 0 Å². The summed E-state index contributed by atoms with van der Waals surface area (Å²) in [6.07, 6.45) is 2.99. The summed E-state index contributed by atoms with van der Waals surface area (Å²) < 4.78 is 11.2. The van der Waals surface area contributed by atoms with E-state index < -0.39 is 5.97 Å². The Morgan fingerprint density at radius 2 is 2.40 bits per heavy atom. The summed E-state index contributed by atoms with van der Waals surface area (Å²) in [5.74, 6) is 0.422. The summed E-state index contributed by atoms with van der Waals surface area (Å²) in [5, 5.41) is 9.01. The van der Waals surface area contributed by atoms with Crippen molar-refractivity contribution >= 4 is 17.7 Å². The Labute approximate surface area is 93.3 Å². The molecule has 0 aliphatic carbocycles. The lowest BCUT2D eigenvalue weighted by Gasteiger charge is -2.16. The van der Waals surface area contributed by atoms with Gasteiger partial charge in [0, 0.05) is 6.42 Å². The molecule has 2 rings (SSSR count). The minimum Gasteiger partial charge on any atom is -0.481 e. The second kappa shape index (κ2) is 5.18. The van der Waals surface area contributed by atoms with Crippen LogP contribution in [0, 0.1) is 0 Å². The van der Waals surface area contributed by atoms with Crippen molar-refractivity contribution in [1.82, 2.24) is 0 Å². The molecule has 2 aliphatic heterocycles. The van der Waals surface area contributed by atoms with Crippen LogP contribution in [-0.4, -0.2) is 41.1 Å². The zero-order chi connectivity index (χ0) is 10.7. The van der Waals surface area contributed by atoms with Crippen molar-refractivity contribution in [2.45, 2.75) is 43.3 Å². The summed E-state index contributed by atoms with van der Waals surface area (Å²) in [4.78, 5) is 10.4. The maximum absolute atomic E-state index is 10.4. The largest absolute Gasteiger partial charge is 0.481 e. The lowest BCUT2D eigenvalue weighted by molar-refractivity contribution is -0.137. The second-order valence-electron chi connectivity index (χ2n) is 3.94. The molecule has 2 fully saturated rings. The quantitative estimate of drug-likeness (QED) is 0.795. The van der Waals surface area contributed by atoms with Gasteiger partial charge < -0.3 is 14.6 Å². The monoisotopic (exact) mass is 232 g/mol. The summed E-state index contributed by atoms with van der Waals surface area (Å²) in [6, 6.07) is 0. The molecule has 2 saturated heterocycles. The van der Waals surface area contributed by atoms with E-state index in [2.05, 4.69) is 0 Å². The highest BCUT2D eigenvalue weighted by molar-refractivity contribution is 8.00. The normalized spacial score (nSPS) is 35.9. The molecule has 0 aromatic rings. The highest BCUT2D eigenvalue weighted by atomic mass is 32.2. The van der Waals surface area contributed by atoms with E-state index >= 15 is 0 Å². The van der Waals surface area contributed by atoms with E-state index in [0.717, 1.165) is 6.42 Å². The predicted octanol–water partition coefficient (Wildman–Crippen LogP) is 1.49. The molecule has 3 atom stereocenters. The van der Waals surface area contributed by atoms with E-state index in [4.69, 9.17) is 14.6 Å². The second-order valence-corrected chi connectivity index (χ2v) is 5.29. The molecule has 0 saturated carbocycles. The zero-order valence-corrected chi connectivity index (χ0v) is 9.37. The number of carbonyl (C=O) groups is 1. The molecule has 0 bridgehead atoms. The average molecular weight is 232 g/mol.